The van der Waals surface area contributed by atoms with Crippen LogP contribution in [0, 0.1) is 25.7 Å². The summed E-state index contributed by atoms with van der Waals surface area (Å²) in [5.41, 5.74) is 5.37. The van der Waals surface area contributed by atoms with Crippen LogP contribution in [0.15, 0.2) is 48.5 Å². The third kappa shape index (κ3) is 5.23. The van der Waals surface area contributed by atoms with Gasteiger partial charge in [0.15, 0.2) is 0 Å². The fourth-order valence-electron chi connectivity index (χ4n) is 6.03. The highest BCUT2D eigenvalue weighted by atomic mass is 16.1. The summed E-state index contributed by atoms with van der Waals surface area (Å²) < 4.78 is 0. The zero-order valence-corrected chi connectivity index (χ0v) is 18.9. The molecule has 0 unspecified atom stereocenters. The first kappa shape index (κ1) is 21.3. The minimum Gasteiger partial charge on any atom is -0.300 e. The summed E-state index contributed by atoms with van der Waals surface area (Å²) in [7, 11) is 0. The van der Waals surface area contributed by atoms with Gasteiger partial charge >= 0.3 is 0 Å². The van der Waals surface area contributed by atoms with Gasteiger partial charge in [0.2, 0.25) is 0 Å². The topological polar surface area (TPSA) is 17.1 Å². The zero-order valence-electron chi connectivity index (χ0n) is 18.9. The van der Waals surface area contributed by atoms with E-state index in [1.807, 2.05) is 0 Å². The number of ketones is 1. The standard InChI is InChI=1S/C29H38O/c1-21-11-15-25(16-12-21)28(23-7-3-4-8-23)19-27(30)20-29(24-9-5-6-10-24)26-17-13-22(2)14-18-26/h11-18,23-24,28-29H,3-10,19-20H2,1-2H3/t28-,29+. The van der Waals surface area contributed by atoms with E-state index >= 15 is 0 Å². The van der Waals surface area contributed by atoms with Crippen LogP contribution in [0.3, 0.4) is 0 Å². The molecule has 2 atom stereocenters. The average Bonchev–Trinajstić information content (AvgIpc) is 3.46. The fourth-order valence-corrected chi connectivity index (χ4v) is 6.03. The summed E-state index contributed by atoms with van der Waals surface area (Å²) in [4.78, 5) is 13.5. The second-order valence-corrected chi connectivity index (χ2v) is 10.1. The zero-order chi connectivity index (χ0) is 20.9. The Labute approximate surface area is 183 Å². The molecule has 0 radical (unpaired) electrons. The van der Waals surface area contributed by atoms with E-state index in [4.69, 9.17) is 0 Å². The normalized spacial score (nSPS) is 19.8. The van der Waals surface area contributed by atoms with Gasteiger partial charge in [0.1, 0.15) is 5.78 Å². The maximum atomic E-state index is 13.5. The van der Waals surface area contributed by atoms with Crippen LogP contribution in [0.4, 0.5) is 0 Å². The Morgan fingerprint density at radius 1 is 0.667 bits per heavy atom. The van der Waals surface area contributed by atoms with Gasteiger partial charge in [0.25, 0.3) is 0 Å². The number of rotatable bonds is 8. The molecular weight excluding hydrogens is 364 g/mol. The van der Waals surface area contributed by atoms with Crippen molar-refractivity contribution in [3.05, 3.63) is 70.8 Å². The average molecular weight is 403 g/mol. The first-order chi connectivity index (χ1) is 14.6. The lowest BCUT2D eigenvalue weighted by atomic mass is 9.77. The van der Waals surface area contributed by atoms with Crippen LogP contribution in [0.5, 0.6) is 0 Å². The van der Waals surface area contributed by atoms with Crippen molar-refractivity contribution >= 4 is 5.78 Å². The van der Waals surface area contributed by atoms with E-state index in [1.54, 1.807) is 0 Å². The molecule has 0 amide bonds. The lowest BCUT2D eigenvalue weighted by Gasteiger charge is -2.27. The largest absolute Gasteiger partial charge is 0.300 e. The summed E-state index contributed by atoms with van der Waals surface area (Å²) in [6, 6.07) is 18.0. The van der Waals surface area contributed by atoms with Crippen molar-refractivity contribution in [2.45, 2.75) is 89.9 Å². The molecule has 2 saturated carbocycles. The van der Waals surface area contributed by atoms with Gasteiger partial charge in [-0.1, -0.05) is 85.3 Å². The fraction of sp³-hybridized carbons (Fsp3) is 0.552. The molecule has 0 spiro atoms. The molecule has 2 aromatic rings. The molecule has 2 aromatic carbocycles. The first-order valence-corrected chi connectivity index (χ1v) is 12.2. The van der Waals surface area contributed by atoms with Crippen LogP contribution < -0.4 is 0 Å². The monoisotopic (exact) mass is 402 g/mol. The highest BCUT2D eigenvalue weighted by molar-refractivity contribution is 5.80. The van der Waals surface area contributed by atoms with Gasteiger partial charge in [0, 0.05) is 12.8 Å². The van der Waals surface area contributed by atoms with Crippen molar-refractivity contribution in [2.24, 2.45) is 11.8 Å². The Balaban J connectivity index is 1.51. The molecule has 0 N–H and O–H groups in total. The van der Waals surface area contributed by atoms with Crippen LogP contribution in [0.25, 0.3) is 0 Å². The second-order valence-electron chi connectivity index (χ2n) is 10.1. The number of benzene rings is 2. The van der Waals surface area contributed by atoms with Crippen molar-refractivity contribution in [1.82, 2.24) is 0 Å². The predicted molar refractivity (Wildman–Crippen MR) is 126 cm³/mol. The number of hydrogen-bond donors (Lipinski definition) is 0. The number of carbonyl (C=O) groups is 1. The van der Waals surface area contributed by atoms with E-state index in [2.05, 4.69) is 62.4 Å². The van der Waals surface area contributed by atoms with Crippen LogP contribution >= 0.6 is 0 Å². The Morgan fingerprint density at radius 3 is 1.33 bits per heavy atom. The molecular formula is C29H38O. The summed E-state index contributed by atoms with van der Waals surface area (Å²) in [6.45, 7) is 4.29. The highest BCUT2D eigenvalue weighted by Gasteiger charge is 2.32. The van der Waals surface area contributed by atoms with Crippen LogP contribution in [-0.4, -0.2) is 5.78 Å². The number of aryl methyl sites for hydroxylation is 2. The number of hydrogen-bond acceptors (Lipinski definition) is 1. The summed E-state index contributed by atoms with van der Waals surface area (Å²) in [6.07, 6.45) is 11.9. The molecule has 0 heterocycles. The van der Waals surface area contributed by atoms with Crippen molar-refractivity contribution in [2.75, 3.05) is 0 Å². The summed E-state index contributed by atoms with van der Waals surface area (Å²) in [5.74, 6) is 2.65. The maximum Gasteiger partial charge on any atom is 0.134 e. The molecule has 0 saturated heterocycles. The summed E-state index contributed by atoms with van der Waals surface area (Å²) in [5, 5.41) is 0. The molecule has 2 aliphatic rings. The second kappa shape index (κ2) is 9.94. The molecule has 0 aliphatic heterocycles. The van der Waals surface area contributed by atoms with Crippen molar-refractivity contribution in [1.29, 1.82) is 0 Å². The minimum absolute atomic E-state index is 0.405. The Kier molecular flexibility index (Phi) is 7.08. The molecule has 160 valence electrons. The van der Waals surface area contributed by atoms with Gasteiger partial charge in [-0.25, -0.2) is 0 Å². The number of Topliss-reactive ketones (excluding diaryl/α,β-unsaturated/α-hetero) is 1. The van der Waals surface area contributed by atoms with Gasteiger partial charge in [-0.05, 0) is 74.3 Å². The van der Waals surface area contributed by atoms with Gasteiger partial charge in [-0.15, -0.1) is 0 Å². The number of carbonyl (C=O) groups excluding carboxylic acids is 1. The predicted octanol–water partition coefficient (Wildman–Crippen LogP) is 7.90. The van der Waals surface area contributed by atoms with Crippen molar-refractivity contribution < 1.29 is 4.79 Å². The van der Waals surface area contributed by atoms with E-state index < -0.39 is 0 Å². The Bertz CT molecular complexity index is 735. The third-order valence-electron chi connectivity index (χ3n) is 7.84. The van der Waals surface area contributed by atoms with Gasteiger partial charge in [-0.2, -0.15) is 0 Å². The molecule has 30 heavy (non-hydrogen) atoms. The molecule has 4 rings (SSSR count). The SMILES string of the molecule is Cc1ccc([C@@H](CC(=O)C[C@@H](c2ccc(C)cc2)C2CCCC2)C2CCCC2)cc1. The molecule has 1 heteroatoms. The van der Waals surface area contributed by atoms with Crippen LogP contribution in [-0.2, 0) is 4.79 Å². The summed E-state index contributed by atoms with van der Waals surface area (Å²) >= 11 is 0. The van der Waals surface area contributed by atoms with E-state index in [0.29, 0.717) is 29.5 Å². The van der Waals surface area contributed by atoms with Gasteiger partial charge in [0.05, 0.1) is 0 Å². The first-order valence-electron chi connectivity index (χ1n) is 12.2. The molecule has 2 fully saturated rings. The van der Waals surface area contributed by atoms with Crippen molar-refractivity contribution in [3.63, 3.8) is 0 Å². The lowest BCUT2D eigenvalue weighted by Crippen LogP contribution is -2.19. The lowest BCUT2D eigenvalue weighted by molar-refractivity contribution is -0.120. The van der Waals surface area contributed by atoms with Crippen molar-refractivity contribution in [3.8, 4) is 0 Å². The van der Waals surface area contributed by atoms with Gasteiger partial charge in [-0.3, -0.25) is 4.79 Å². The van der Waals surface area contributed by atoms with Crippen LogP contribution in [0.2, 0.25) is 0 Å². The van der Waals surface area contributed by atoms with E-state index in [-0.39, 0.29) is 0 Å². The minimum atomic E-state index is 0.405. The third-order valence-corrected chi connectivity index (χ3v) is 7.84. The Hall–Kier alpha value is -1.89. The van der Waals surface area contributed by atoms with E-state index in [1.165, 1.54) is 73.6 Å². The Morgan fingerprint density at radius 2 is 1.00 bits per heavy atom. The highest BCUT2D eigenvalue weighted by Crippen LogP contribution is 2.43. The van der Waals surface area contributed by atoms with Crippen LogP contribution in [0.1, 0.15) is 98.3 Å². The van der Waals surface area contributed by atoms with Gasteiger partial charge < -0.3 is 0 Å². The molecule has 1 nitrogen and oxygen atoms in total. The quantitative estimate of drug-likeness (QED) is 0.438. The van der Waals surface area contributed by atoms with E-state index in [9.17, 15) is 4.79 Å². The maximum absolute atomic E-state index is 13.5. The molecule has 2 aliphatic carbocycles. The molecule has 0 bridgehead atoms. The van der Waals surface area contributed by atoms with E-state index in [0.717, 1.165) is 12.8 Å². The molecule has 0 aromatic heterocycles. The smallest absolute Gasteiger partial charge is 0.134 e.